The molecule has 0 fully saturated rings. The second-order valence-electron chi connectivity index (χ2n) is 3.25. The van der Waals surface area contributed by atoms with Crippen LogP contribution in [0.4, 0.5) is 4.39 Å². The van der Waals surface area contributed by atoms with E-state index in [4.69, 9.17) is 7.85 Å². The smallest absolute Gasteiger partial charge is 0.258 e. The molecule has 68 valence electrons. The third kappa shape index (κ3) is 1.33. The van der Waals surface area contributed by atoms with Crippen LogP contribution in [0.3, 0.4) is 0 Å². The number of fused-ring (bicyclic) bond motifs is 1. The van der Waals surface area contributed by atoms with Gasteiger partial charge in [0, 0.05) is 5.69 Å². The van der Waals surface area contributed by atoms with Crippen molar-refractivity contribution in [1.29, 1.82) is 0 Å². The van der Waals surface area contributed by atoms with Gasteiger partial charge in [-0.2, -0.15) is 0 Å². The summed E-state index contributed by atoms with van der Waals surface area (Å²) in [6, 6.07) is 4.42. The molecule has 1 aromatic heterocycles. The van der Waals surface area contributed by atoms with E-state index in [2.05, 4.69) is 4.98 Å². The Balaban J connectivity index is 3.02. The van der Waals surface area contributed by atoms with E-state index in [-0.39, 0.29) is 5.39 Å². The number of rotatable bonds is 0. The first-order valence-electron chi connectivity index (χ1n) is 4.16. The molecule has 0 spiro atoms. The molecule has 1 heterocycles. The average Bonchev–Trinajstić information content (AvgIpc) is 1.99. The highest BCUT2D eigenvalue weighted by molar-refractivity contribution is 6.33. The standard InChI is InChI=1S/C10H7BFNO/c1-5-2-6-3-7(11)4-8(12)9(6)10(14)13-5/h2-4H,1H3,(H,13,14). The number of aromatic amines is 1. The molecule has 0 aliphatic carbocycles. The van der Waals surface area contributed by atoms with Crippen LogP contribution in [0.15, 0.2) is 23.0 Å². The van der Waals surface area contributed by atoms with E-state index in [0.717, 1.165) is 6.07 Å². The van der Waals surface area contributed by atoms with E-state index in [1.165, 1.54) is 0 Å². The van der Waals surface area contributed by atoms with E-state index in [1.807, 2.05) is 0 Å². The maximum atomic E-state index is 13.3. The van der Waals surface area contributed by atoms with E-state index in [9.17, 15) is 9.18 Å². The van der Waals surface area contributed by atoms with Crippen LogP contribution in [-0.4, -0.2) is 12.8 Å². The van der Waals surface area contributed by atoms with Gasteiger partial charge in [0.1, 0.15) is 13.7 Å². The molecule has 0 atom stereocenters. The number of aryl methyl sites for hydroxylation is 1. The number of halogens is 1. The normalized spacial score (nSPS) is 10.7. The average molecular weight is 187 g/mol. The molecule has 2 radical (unpaired) electrons. The number of nitrogens with one attached hydrogen (secondary N) is 1. The van der Waals surface area contributed by atoms with Crippen molar-refractivity contribution in [3.05, 3.63) is 40.1 Å². The molecule has 0 bridgehead atoms. The van der Waals surface area contributed by atoms with Crippen LogP contribution in [0.5, 0.6) is 0 Å². The van der Waals surface area contributed by atoms with Crippen molar-refractivity contribution >= 4 is 24.1 Å². The van der Waals surface area contributed by atoms with Crippen molar-refractivity contribution in [3.8, 4) is 0 Å². The minimum absolute atomic E-state index is 0.0600. The summed E-state index contributed by atoms with van der Waals surface area (Å²) in [5.74, 6) is -0.582. The Bertz CT molecular complexity index is 557. The fourth-order valence-corrected chi connectivity index (χ4v) is 1.51. The first-order valence-corrected chi connectivity index (χ1v) is 4.16. The summed E-state index contributed by atoms with van der Waals surface area (Å²) >= 11 is 0. The van der Waals surface area contributed by atoms with Gasteiger partial charge < -0.3 is 4.98 Å². The van der Waals surface area contributed by atoms with Crippen molar-refractivity contribution in [2.45, 2.75) is 6.92 Å². The van der Waals surface area contributed by atoms with Gasteiger partial charge in [-0.15, -0.1) is 0 Å². The van der Waals surface area contributed by atoms with Crippen LogP contribution in [0.2, 0.25) is 0 Å². The first-order chi connectivity index (χ1) is 6.58. The zero-order chi connectivity index (χ0) is 10.3. The highest BCUT2D eigenvalue weighted by Crippen LogP contribution is 2.11. The maximum Gasteiger partial charge on any atom is 0.258 e. The van der Waals surface area contributed by atoms with Crippen LogP contribution < -0.4 is 11.0 Å². The SMILES string of the molecule is [B]c1cc(F)c2c(=O)[nH]c(C)cc2c1. The fourth-order valence-electron chi connectivity index (χ4n) is 1.51. The third-order valence-electron chi connectivity index (χ3n) is 2.05. The summed E-state index contributed by atoms with van der Waals surface area (Å²) in [5.41, 5.74) is 0.588. The Kier molecular flexibility index (Phi) is 1.91. The summed E-state index contributed by atoms with van der Waals surface area (Å²) in [4.78, 5) is 13.9. The van der Waals surface area contributed by atoms with Crippen LogP contribution in [0.1, 0.15) is 5.69 Å². The van der Waals surface area contributed by atoms with Crippen molar-refractivity contribution in [1.82, 2.24) is 4.98 Å². The Hall–Kier alpha value is -1.58. The lowest BCUT2D eigenvalue weighted by Crippen LogP contribution is -2.12. The van der Waals surface area contributed by atoms with Gasteiger partial charge in [-0.1, -0.05) is 11.5 Å². The van der Waals surface area contributed by atoms with Crippen LogP contribution in [0.25, 0.3) is 10.8 Å². The van der Waals surface area contributed by atoms with Gasteiger partial charge in [-0.05, 0) is 24.4 Å². The summed E-state index contributed by atoms with van der Waals surface area (Å²) in [5, 5.41) is 0.591. The molecular weight excluding hydrogens is 180 g/mol. The van der Waals surface area contributed by atoms with Crippen molar-refractivity contribution in [2.75, 3.05) is 0 Å². The summed E-state index contributed by atoms with van der Waals surface area (Å²) in [6.45, 7) is 1.74. The number of hydrogen-bond acceptors (Lipinski definition) is 1. The van der Waals surface area contributed by atoms with Crippen molar-refractivity contribution in [2.24, 2.45) is 0 Å². The van der Waals surface area contributed by atoms with Gasteiger partial charge in [0.25, 0.3) is 5.56 Å². The zero-order valence-electron chi connectivity index (χ0n) is 7.60. The van der Waals surface area contributed by atoms with E-state index < -0.39 is 11.4 Å². The first kappa shape index (κ1) is 9.00. The van der Waals surface area contributed by atoms with E-state index in [1.54, 1.807) is 19.1 Å². The summed E-state index contributed by atoms with van der Waals surface area (Å²) in [6.07, 6.45) is 0. The monoisotopic (exact) mass is 187 g/mol. The molecule has 4 heteroatoms. The second-order valence-corrected chi connectivity index (χ2v) is 3.25. The highest BCUT2D eigenvalue weighted by atomic mass is 19.1. The number of hydrogen-bond donors (Lipinski definition) is 1. The predicted molar refractivity (Wildman–Crippen MR) is 54.7 cm³/mol. The van der Waals surface area contributed by atoms with Crippen LogP contribution in [0, 0.1) is 12.7 Å². The van der Waals surface area contributed by atoms with Gasteiger partial charge >= 0.3 is 0 Å². The van der Waals surface area contributed by atoms with Crippen LogP contribution in [-0.2, 0) is 0 Å². The van der Waals surface area contributed by atoms with Gasteiger partial charge in [0.05, 0.1) is 5.39 Å². The fraction of sp³-hybridized carbons (Fsp3) is 0.100. The van der Waals surface area contributed by atoms with Crippen molar-refractivity contribution < 1.29 is 4.39 Å². The lowest BCUT2D eigenvalue weighted by atomic mass is 9.93. The molecule has 0 aliphatic heterocycles. The van der Waals surface area contributed by atoms with E-state index in [0.29, 0.717) is 16.5 Å². The molecule has 1 aromatic carbocycles. The number of H-pyrrole nitrogens is 1. The van der Waals surface area contributed by atoms with Gasteiger partial charge in [-0.25, -0.2) is 4.39 Å². The maximum absolute atomic E-state index is 13.3. The molecule has 2 nitrogen and oxygen atoms in total. The Morgan fingerprint density at radius 1 is 1.36 bits per heavy atom. The van der Waals surface area contributed by atoms with Gasteiger partial charge in [0.15, 0.2) is 0 Å². The summed E-state index contributed by atoms with van der Waals surface area (Å²) in [7, 11) is 5.47. The third-order valence-corrected chi connectivity index (χ3v) is 2.05. The summed E-state index contributed by atoms with van der Waals surface area (Å²) < 4.78 is 13.3. The number of pyridine rings is 1. The second kappa shape index (κ2) is 2.98. The molecule has 1 N–H and O–H groups in total. The molecule has 2 aromatic rings. The lowest BCUT2D eigenvalue weighted by Gasteiger charge is -2.02. The Labute approximate surface area is 81.2 Å². The molecule has 0 unspecified atom stereocenters. The number of benzene rings is 1. The molecule has 0 saturated heterocycles. The largest absolute Gasteiger partial charge is 0.326 e. The van der Waals surface area contributed by atoms with Gasteiger partial charge in [0.2, 0.25) is 0 Å². The predicted octanol–water partition coefficient (Wildman–Crippen LogP) is 0.769. The quantitative estimate of drug-likeness (QED) is 0.607. The highest BCUT2D eigenvalue weighted by Gasteiger charge is 2.06. The van der Waals surface area contributed by atoms with Gasteiger partial charge in [-0.3, -0.25) is 4.79 Å². The molecular formula is C10H7BFNO. The van der Waals surface area contributed by atoms with Crippen LogP contribution >= 0.6 is 0 Å². The molecule has 2 rings (SSSR count). The zero-order valence-corrected chi connectivity index (χ0v) is 7.60. The van der Waals surface area contributed by atoms with E-state index >= 15 is 0 Å². The minimum Gasteiger partial charge on any atom is -0.326 e. The number of aromatic nitrogens is 1. The molecule has 0 amide bonds. The molecule has 14 heavy (non-hydrogen) atoms. The topological polar surface area (TPSA) is 32.9 Å². The minimum atomic E-state index is -0.582. The molecule has 0 saturated carbocycles. The lowest BCUT2D eigenvalue weighted by molar-refractivity contribution is 0.639. The van der Waals surface area contributed by atoms with Crippen molar-refractivity contribution in [3.63, 3.8) is 0 Å². The Morgan fingerprint density at radius 2 is 2.07 bits per heavy atom. The Morgan fingerprint density at radius 3 is 2.79 bits per heavy atom. The molecule has 0 aliphatic rings.